The first kappa shape index (κ1) is 12.4. The van der Waals surface area contributed by atoms with Gasteiger partial charge in [-0.05, 0) is 19.1 Å². The van der Waals surface area contributed by atoms with E-state index in [-0.39, 0.29) is 5.91 Å². The molecule has 1 aliphatic rings. The van der Waals surface area contributed by atoms with Crippen molar-refractivity contribution in [2.45, 2.75) is 6.92 Å². The second-order valence-electron chi connectivity index (χ2n) is 4.55. The molecule has 1 aliphatic heterocycles. The van der Waals surface area contributed by atoms with Crippen LogP contribution in [0.15, 0.2) is 12.1 Å². The summed E-state index contributed by atoms with van der Waals surface area (Å²) in [5.41, 5.74) is 7.56. The molecule has 0 bridgehead atoms. The SMILES string of the molecule is Cc1ccc2c(N)c(C(=O)N3CCOCC3)sc2n1. The van der Waals surface area contributed by atoms with Gasteiger partial charge in [-0.2, -0.15) is 0 Å². The highest BCUT2D eigenvalue weighted by molar-refractivity contribution is 7.21. The van der Waals surface area contributed by atoms with Gasteiger partial charge in [-0.3, -0.25) is 4.79 Å². The summed E-state index contributed by atoms with van der Waals surface area (Å²) >= 11 is 1.37. The molecule has 3 heterocycles. The van der Waals surface area contributed by atoms with Crippen LogP contribution >= 0.6 is 11.3 Å². The number of pyridine rings is 1. The maximum Gasteiger partial charge on any atom is 0.266 e. The number of hydrogen-bond acceptors (Lipinski definition) is 5. The molecule has 1 fully saturated rings. The van der Waals surface area contributed by atoms with Crippen LogP contribution in [0.5, 0.6) is 0 Å². The molecule has 0 atom stereocenters. The fourth-order valence-electron chi connectivity index (χ4n) is 2.16. The number of fused-ring (bicyclic) bond motifs is 1. The van der Waals surface area contributed by atoms with E-state index >= 15 is 0 Å². The topological polar surface area (TPSA) is 68.5 Å². The number of aromatic nitrogens is 1. The Morgan fingerprint density at radius 2 is 2.16 bits per heavy atom. The van der Waals surface area contributed by atoms with Gasteiger partial charge in [0.15, 0.2) is 0 Å². The highest BCUT2D eigenvalue weighted by Crippen LogP contribution is 2.33. The standard InChI is InChI=1S/C13H15N3O2S/c1-8-2-3-9-10(14)11(19-12(9)15-8)13(17)16-4-6-18-7-5-16/h2-3H,4-7,14H2,1H3. The van der Waals surface area contributed by atoms with Crippen molar-refractivity contribution in [3.63, 3.8) is 0 Å². The third-order valence-electron chi connectivity index (χ3n) is 3.23. The largest absolute Gasteiger partial charge is 0.397 e. The van der Waals surface area contributed by atoms with Gasteiger partial charge in [-0.1, -0.05) is 0 Å². The summed E-state index contributed by atoms with van der Waals surface area (Å²) in [6.07, 6.45) is 0. The molecule has 19 heavy (non-hydrogen) atoms. The zero-order chi connectivity index (χ0) is 13.4. The van der Waals surface area contributed by atoms with E-state index in [0.717, 1.165) is 15.9 Å². The van der Waals surface area contributed by atoms with Crippen molar-refractivity contribution in [2.24, 2.45) is 0 Å². The molecule has 6 heteroatoms. The minimum atomic E-state index is -0.0125. The van der Waals surface area contributed by atoms with Crippen LogP contribution in [0.4, 0.5) is 5.69 Å². The molecule has 0 unspecified atom stereocenters. The van der Waals surface area contributed by atoms with Gasteiger partial charge in [0.25, 0.3) is 5.91 Å². The molecule has 2 aromatic heterocycles. The van der Waals surface area contributed by atoms with Gasteiger partial charge in [0, 0.05) is 24.2 Å². The third-order valence-corrected chi connectivity index (χ3v) is 4.33. The number of hydrogen-bond donors (Lipinski definition) is 1. The number of amides is 1. The summed E-state index contributed by atoms with van der Waals surface area (Å²) in [6.45, 7) is 4.36. The van der Waals surface area contributed by atoms with Crippen molar-refractivity contribution >= 4 is 33.1 Å². The number of ether oxygens (including phenoxy) is 1. The van der Waals surface area contributed by atoms with Gasteiger partial charge < -0.3 is 15.4 Å². The lowest BCUT2D eigenvalue weighted by atomic mass is 10.2. The third kappa shape index (κ3) is 2.17. The Kier molecular flexibility index (Phi) is 3.12. The predicted octanol–water partition coefficient (Wildman–Crippen LogP) is 1.66. The average molecular weight is 277 g/mol. The van der Waals surface area contributed by atoms with Crippen molar-refractivity contribution in [1.82, 2.24) is 9.88 Å². The van der Waals surface area contributed by atoms with Crippen LogP contribution in [0.2, 0.25) is 0 Å². The van der Waals surface area contributed by atoms with Crippen LogP contribution in [-0.2, 0) is 4.74 Å². The summed E-state index contributed by atoms with van der Waals surface area (Å²) in [5.74, 6) is -0.0125. The lowest BCUT2D eigenvalue weighted by Gasteiger charge is -2.26. The second-order valence-corrected chi connectivity index (χ2v) is 5.55. The Balaban J connectivity index is 2.00. The van der Waals surface area contributed by atoms with Crippen molar-refractivity contribution in [3.8, 4) is 0 Å². The molecular formula is C13H15N3O2S. The molecule has 3 rings (SSSR count). The second kappa shape index (κ2) is 4.79. The molecule has 2 aromatic rings. The lowest BCUT2D eigenvalue weighted by molar-refractivity contribution is 0.0307. The predicted molar refractivity (Wildman–Crippen MR) is 75.5 cm³/mol. The molecular weight excluding hydrogens is 262 g/mol. The van der Waals surface area contributed by atoms with Crippen LogP contribution in [-0.4, -0.2) is 42.1 Å². The number of aryl methyl sites for hydroxylation is 1. The smallest absolute Gasteiger partial charge is 0.266 e. The summed E-state index contributed by atoms with van der Waals surface area (Å²) in [5, 5.41) is 0.868. The number of anilines is 1. The minimum absolute atomic E-state index is 0.0125. The molecule has 0 spiro atoms. The first-order valence-corrected chi connectivity index (χ1v) is 7.01. The van der Waals surface area contributed by atoms with E-state index in [0.29, 0.717) is 36.9 Å². The normalized spacial score (nSPS) is 15.9. The maximum atomic E-state index is 12.4. The van der Waals surface area contributed by atoms with E-state index < -0.39 is 0 Å². The molecule has 2 N–H and O–H groups in total. The van der Waals surface area contributed by atoms with E-state index in [1.54, 1.807) is 4.90 Å². The zero-order valence-corrected chi connectivity index (χ0v) is 11.5. The number of rotatable bonds is 1. The van der Waals surface area contributed by atoms with Crippen LogP contribution in [0.1, 0.15) is 15.4 Å². The Bertz CT molecular complexity index is 632. The van der Waals surface area contributed by atoms with Gasteiger partial charge in [0.1, 0.15) is 9.71 Å². The molecule has 0 radical (unpaired) electrons. The number of thiophene rings is 1. The first-order chi connectivity index (χ1) is 9.16. The summed E-state index contributed by atoms with van der Waals surface area (Å²) < 4.78 is 5.26. The highest BCUT2D eigenvalue weighted by Gasteiger charge is 2.23. The van der Waals surface area contributed by atoms with Gasteiger partial charge in [-0.15, -0.1) is 11.3 Å². The fourth-order valence-corrected chi connectivity index (χ4v) is 3.27. The number of carbonyl (C=O) groups excluding carboxylic acids is 1. The molecule has 0 aliphatic carbocycles. The Labute approximate surface area is 115 Å². The monoisotopic (exact) mass is 277 g/mol. The van der Waals surface area contributed by atoms with Gasteiger partial charge >= 0.3 is 0 Å². The van der Waals surface area contributed by atoms with Gasteiger partial charge in [-0.25, -0.2) is 4.98 Å². The maximum absolute atomic E-state index is 12.4. The lowest BCUT2D eigenvalue weighted by Crippen LogP contribution is -2.40. The van der Waals surface area contributed by atoms with Crippen molar-refractivity contribution in [1.29, 1.82) is 0 Å². The van der Waals surface area contributed by atoms with Crippen molar-refractivity contribution in [2.75, 3.05) is 32.0 Å². The highest BCUT2D eigenvalue weighted by atomic mass is 32.1. The van der Waals surface area contributed by atoms with Crippen molar-refractivity contribution < 1.29 is 9.53 Å². The molecule has 1 amide bonds. The summed E-state index contributed by atoms with van der Waals surface area (Å²) in [7, 11) is 0. The first-order valence-electron chi connectivity index (χ1n) is 6.19. The molecule has 1 saturated heterocycles. The average Bonchev–Trinajstić information content (AvgIpc) is 2.75. The number of carbonyl (C=O) groups is 1. The van der Waals surface area contributed by atoms with E-state index in [1.165, 1.54) is 11.3 Å². The number of morpholine rings is 1. The number of nitrogen functional groups attached to an aromatic ring is 1. The van der Waals surface area contributed by atoms with Crippen LogP contribution in [0.3, 0.4) is 0 Å². The number of nitrogens with two attached hydrogens (primary N) is 1. The zero-order valence-electron chi connectivity index (χ0n) is 10.7. The fraction of sp³-hybridized carbons (Fsp3) is 0.385. The van der Waals surface area contributed by atoms with Crippen molar-refractivity contribution in [3.05, 3.63) is 22.7 Å². The summed E-state index contributed by atoms with van der Waals surface area (Å²) in [4.78, 5) is 20.1. The Hall–Kier alpha value is -1.66. The van der Waals surface area contributed by atoms with Crippen LogP contribution in [0, 0.1) is 6.92 Å². The number of nitrogens with zero attached hydrogens (tertiary/aromatic N) is 2. The quantitative estimate of drug-likeness (QED) is 0.860. The Morgan fingerprint density at radius 1 is 1.42 bits per heavy atom. The summed E-state index contributed by atoms with van der Waals surface area (Å²) in [6, 6.07) is 3.84. The van der Waals surface area contributed by atoms with E-state index in [1.807, 2.05) is 19.1 Å². The Morgan fingerprint density at radius 3 is 2.89 bits per heavy atom. The van der Waals surface area contributed by atoms with E-state index in [2.05, 4.69) is 4.98 Å². The van der Waals surface area contributed by atoms with Crippen LogP contribution < -0.4 is 5.73 Å². The van der Waals surface area contributed by atoms with E-state index in [9.17, 15) is 4.79 Å². The van der Waals surface area contributed by atoms with E-state index in [4.69, 9.17) is 10.5 Å². The molecule has 5 nitrogen and oxygen atoms in total. The molecule has 0 saturated carbocycles. The minimum Gasteiger partial charge on any atom is -0.397 e. The van der Waals surface area contributed by atoms with Gasteiger partial charge in [0.05, 0.1) is 18.9 Å². The molecule has 0 aromatic carbocycles. The molecule has 100 valence electrons. The van der Waals surface area contributed by atoms with Gasteiger partial charge in [0.2, 0.25) is 0 Å². The van der Waals surface area contributed by atoms with Crippen LogP contribution in [0.25, 0.3) is 10.2 Å².